The fourth-order valence-corrected chi connectivity index (χ4v) is 3.65. The summed E-state index contributed by atoms with van der Waals surface area (Å²) in [6, 6.07) is 15.4. The Morgan fingerprint density at radius 3 is 2.50 bits per heavy atom. The zero-order valence-corrected chi connectivity index (χ0v) is 17.9. The molecule has 1 aliphatic rings. The number of nitrogens with one attached hydrogen (secondary N) is 1. The highest BCUT2D eigenvalue weighted by Crippen LogP contribution is 2.14. The van der Waals surface area contributed by atoms with Crippen molar-refractivity contribution in [3.05, 3.63) is 65.2 Å². The average molecular weight is 410 g/mol. The molecular weight excluding hydrogens is 378 g/mol. The molecule has 6 heteroatoms. The molecule has 1 fully saturated rings. The van der Waals surface area contributed by atoms with Crippen LogP contribution in [-0.2, 0) is 11.3 Å². The molecule has 6 nitrogen and oxygen atoms in total. The summed E-state index contributed by atoms with van der Waals surface area (Å²) in [5, 5.41) is 2.74. The maximum atomic E-state index is 12.6. The van der Waals surface area contributed by atoms with E-state index in [9.17, 15) is 9.59 Å². The van der Waals surface area contributed by atoms with Crippen LogP contribution in [-0.4, -0.2) is 60.9 Å². The number of carbonyl (C=O) groups excluding carboxylic acids is 2. The van der Waals surface area contributed by atoms with Crippen molar-refractivity contribution in [2.45, 2.75) is 26.8 Å². The van der Waals surface area contributed by atoms with Crippen LogP contribution in [0.2, 0.25) is 0 Å². The van der Waals surface area contributed by atoms with Crippen LogP contribution in [0.5, 0.6) is 5.75 Å². The molecule has 0 aliphatic carbocycles. The first kappa shape index (κ1) is 21.8. The summed E-state index contributed by atoms with van der Waals surface area (Å²) in [7, 11) is 0. The molecule has 160 valence electrons. The maximum absolute atomic E-state index is 12.6. The zero-order valence-electron chi connectivity index (χ0n) is 17.9. The van der Waals surface area contributed by atoms with Gasteiger partial charge in [0.1, 0.15) is 5.75 Å². The summed E-state index contributed by atoms with van der Waals surface area (Å²) in [6.45, 7) is 8.77. The molecule has 0 saturated carbocycles. The highest BCUT2D eigenvalue weighted by molar-refractivity contribution is 5.96. The summed E-state index contributed by atoms with van der Waals surface area (Å²) >= 11 is 0. The molecule has 0 spiro atoms. The van der Waals surface area contributed by atoms with Gasteiger partial charge in [0.05, 0.1) is 13.2 Å². The molecule has 1 N–H and O–H groups in total. The molecule has 0 aromatic heterocycles. The van der Waals surface area contributed by atoms with Crippen molar-refractivity contribution in [3.8, 4) is 5.75 Å². The van der Waals surface area contributed by atoms with Crippen molar-refractivity contribution < 1.29 is 14.3 Å². The van der Waals surface area contributed by atoms with E-state index in [1.807, 2.05) is 11.8 Å². The van der Waals surface area contributed by atoms with Crippen LogP contribution in [0.1, 0.15) is 34.8 Å². The monoisotopic (exact) mass is 409 g/mol. The standard InChI is InChI=1S/C24H31N3O3/c1-3-30-22-11-9-20(10-12-22)24(29)25-17-23(28)27-14-6-13-26(15-16-27)18-21-8-5-4-7-19(21)2/h4-5,7-12H,3,6,13-18H2,1-2H3,(H,25,29). The Hall–Kier alpha value is -2.86. The Bertz CT molecular complexity index is 851. The van der Waals surface area contributed by atoms with Gasteiger partial charge in [0, 0.05) is 38.3 Å². The van der Waals surface area contributed by atoms with Crippen LogP contribution in [0.25, 0.3) is 0 Å². The van der Waals surface area contributed by atoms with Crippen molar-refractivity contribution in [1.29, 1.82) is 0 Å². The van der Waals surface area contributed by atoms with E-state index in [4.69, 9.17) is 4.74 Å². The fourth-order valence-electron chi connectivity index (χ4n) is 3.65. The van der Waals surface area contributed by atoms with Crippen molar-refractivity contribution in [1.82, 2.24) is 15.1 Å². The van der Waals surface area contributed by atoms with Gasteiger partial charge in [-0.05, 0) is 55.7 Å². The van der Waals surface area contributed by atoms with Gasteiger partial charge in [-0.25, -0.2) is 0 Å². The number of hydrogen-bond acceptors (Lipinski definition) is 4. The summed E-state index contributed by atoms with van der Waals surface area (Å²) in [5.41, 5.74) is 3.15. The topological polar surface area (TPSA) is 61.9 Å². The van der Waals surface area contributed by atoms with Gasteiger partial charge in [-0.1, -0.05) is 24.3 Å². The number of ether oxygens (including phenoxy) is 1. The van der Waals surface area contributed by atoms with Gasteiger partial charge >= 0.3 is 0 Å². The van der Waals surface area contributed by atoms with Crippen LogP contribution in [0, 0.1) is 6.92 Å². The predicted octanol–water partition coefficient (Wildman–Crippen LogP) is 2.86. The van der Waals surface area contributed by atoms with Gasteiger partial charge in [-0.3, -0.25) is 14.5 Å². The van der Waals surface area contributed by atoms with Crippen LogP contribution >= 0.6 is 0 Å². The molecule has 0 radical (unpaired) electrons. The first-order valence-electron chi connectivity index (χ1n) is 10.6. The minimum atomic E-state index is -0.248. The lowest BCUT2D eigenvalue weighted by atomic mass is 10.1. The zero-order chi connectivity index (χ0) is 21.3. The number of benzene rings is 2. The SMILES string of the molecule is CCOc1ccc(C(=O)NCC(=O)N2CCCN(Cc3ccccc3C)CC2)cc1. The van der Waals surface area contributed by atoms with Gasteiger partial charge in [0.2, 0.25) is 5.91 Å². The molecular formula is C24H31N3O3. The minimum Gasteiger partial charge on any atom is -0.494 e. The van der Waals surface area contributed by atoms with Gasteiger partial charge in [0.15, 0.2) is 0 Å². The van der Waals surface area contributed by atoms with Crippen LogP contribution in [0.3, 0.4) is 0 Å². The molecule has 1 saturated heterocycles. The van der Waals surface area contributed by atoms with E-state index in [0.717, 1.165) is 38.3 Å². The summed E-state index contributed by atoms with van der Waals surface area (Å²) in [5.74, 6) is 0.444. The third kappa shape index (κ3) is 6.07. The summed E-state index contributed by atoms with van der Waals surface area (Å²) < 4.78 is 5.39. The maximum Gasteiger partial charge on any atom is 0.251 e. The van der Waals surface area contributed by atoms with Crippen molar-refractivity contribution >= 4 is 11.8 Å². The van der Waals surface area contributed by atoms with E-state index >= 15 is 0 Å². The van der Waals surface area contributed by atoms with Gasteiger partial charge in [-0.15, -0.1) is 0 Å². The van der Waals surface area contributed by atoms with Gasteiger partial charge in [-0.2, -0.15) is 0 Å². The number of carbonyl (C=O) groups is 2. The Kier molecular flexibility index (Phi) is 7.85. The molecule has 2 amide bonds. The molecule has 2 aromatic rings. The van der Waals surface area contributed by atoms with Crippen LogP contribution in [0.4, 0.5) is 0 Å². The van der Waals surface area contributed by atoms with Crippen molar-refractivity contribution in [2.75, 3.05) is 39.3 Å². The molecule has 1 aliphatic heterocycles. The molecule has 2 aromatic carbocycles. The quantitative estimate of drug-likeness (QED) is 0.764. The van der Waals surface area contributed by atoms with Crippen LogP contribution < -0.4 is 10.1 Å². The second-order valence-corrected chi connectivity index (χ2v) is 7.58. The van der Waals surface area contributed by atoms with Crippen molar-refractivity contribution in [3.63, 3.8) is 0 Å². The van der Waals surface area contributed by atoms with Crippen LogP contribution in [0.15, 0.2) is 48.5 Å². The normalized spacial score (nSPS) is 14.8. The van der Waals surface area contributed by atoms with Gasteiger partial charge < -0.3 is 15.0 Å². The smallest absolute Gasteiger partial charge is 0.251 e. The Morgan fingerprint density at radius 2 is 1.77 bits per heavy atom. The summed E-state index contributed by atoms with van der Waals surface area (Å²) in [4.78, 5) is 29.2. The Morgan fingerprint density at radius 1 is 1.00 bits per heavy atom. The van der Waals surface area contributed by atoms with E-state index in [-0.39, 0.29) is 18.4 Å². The lowest BCUT2D eigenvalue weighted by molar-refractivity contribution is -0.130. The Labute approximate surface area is 178 Å². The first-order chi connectivity index (χ1) is 14.6. The lowest BCUT2D eigenvalue weighted by Crippen LogP contribution is -2.42. The predicted molar refractivity (Wildman–Crippen MR) is 118 cm³/mol. The van der Waals surface area contributed by atoms with Gasteiger partial charge in [0.25, 0.3) is 5.91 Å². The third-order valence-corrected chi connectivity index (χ3v) is 5.42. The first-order valence-corrected chi connectivity index (χ1v) is 10.6. The van der Waals surface area contributed by atoms with E-state index in [1.54, 1.807) is 24.3 Å². The lowest BCUT2D eigenvalue weighted by Gasteiger charge is -2.22. The minimum absolute atomic E-state index is 0.0177. The fraction of sp³-hybridized carbons (Fsp3) is 0.417. The number of nitrogens with zero attached hydrogens (tertiary/aromatic N) is 2. The average Bonchev–Trinajstić information content (AvgIpc) is 3.00. The molecule has 1 heterocycles. The molecule has 3 rings (SSSR count). The molecule has 30 heavy (non-hydrogen) atoms. The molecule has 0 bridgehead atoms. The number of amides is 2. The number of aryl methyl sites for hydroxylation is 1. The van der Waals surface area contributed by atoms with E-state index in [1.165, 1.54) is 11.1 Å². The second kappa shape index (κ2) is 10.8. The van der Waals surface area contributed by atoms with E-state index in [2.05, 4.69) is 41.4 Å². The van der Waals surface area contributed by atoms with E-state index in [0.29, 0.717) is 18.7 Å². The highest BCUT2D eigenvalue weighted by Gasteiger charge is 2.20. The number of rotatable bonds is 7. The highest BCUT2D eigenvalue weighted by atomic mass is 16.5. The third-order valence-electron chi connectivity index (χ3n) is 5.42. The molecule has 0 atom stereocenters. The van der Waals surface area contributed by atoms with E-state index < -0.39 is 0 Å². The number of hydrogen-bond donors (Lipinski definition) is 1. The summed E-state index contributed by atoms with van der Waals surface area (Å²) in [6.07, 6.45) is 0.935. The second-order valence-electron chi connectivity index (χ2n) is 7.58. The Balaban J connectivity index is 1.46. The largest absolute Gasteiger partial charge is 0.494 e. The van der Waals surface area contributed by atoms with Crippen molar-refractivity contribution in [2.24, 2.45) is 0 Å². The molecule has 0 unspecified atom stereocenters.